The van der Waals surface area contributed by atoms with Crippen molar-refractivity contribution in [3.8, 4) is 0 Å². The summed E-state index contributed by atoms with van der Waals surface area (Å²) in [6.45, 7) is 5.41. The topological polar surface area (TPSA) is 12.0 Å². The Morgan fingerprint density at radius 3 is 2.81 bits per heavy atom. The third kappa shape index (κ3) is 3.12. The summed E-state index contributed by atoms with van der Waals surface area (Å²) in [5, 5.41) is 4.34. The predicted octanol–water partition coefficient (Wildman–Crippen LogP) is 4.83. The lowest BCUT2D eigenvalue weighted by atomic mass is 9.69. The smallest absolute Gasteiger partial charge is 0.123 e. The third-order valence-electron chi connectivity index (χ3n) is 5.52. The first-order valence-corrected chi connectivity index (χ1v) is 8.54. The minimum atomic E-state index is -0.176. The molecule has 0 spiro atoms. The van der Waals surface area contributed by atoms with Gasteiger partial charge in [0, 0.05) is 17.6 Å². The number of fused-ring (bicyclic) bond motifs is 2. The number of rotatable bonds is 5. The second kappa shape index (κ2) is 5.89. The van der Waals surface area contributed by atoms with Crippen LogP contribution in [0.1, 0.15) is 45.1 Å². The highest BCUT2D eigenvalue weighted by Crippen LogP contribution is 2.57. The van der Waals surface area contributed by atoms with E-state index in [9.17, 15) is 4.39 Å². The van der Waals surface area contributed by atoms with Crippen LogP contribution in [0.25, 0.3) is 0 Å². The molecular weight excluding hydrogens is 285 g/mol. The molecule has 3 rings (SSSR count). The van der Waals surface area contributed by atoms with Crippen molar-refractivity contribution in [1.82, 2.24) is 5.32 Å². The molecule has 2 aliphatic carbocycles. The fourth-order valence-electron chi connectivity index (χ4n) is 4.52. The number of hydrogen-bond donors (Lipinski definition) is 1. The highest BCUT2D eigenvalue weighted by Gasteiger charge is 2.50. The van der Waals surface area contributed by atoms with Gasteiger partial charge in [-0.25, -0.2) is 4.39 Å². The van der Waals surface area contributed by atoms with E-state index in [0.717, 1.165) is 30.4 Å². The van der Waals surface area contributed by atoms with E-state index in [1.807, 2.05) is 0 Å². The van der Waals surface area contributed by atoms with E-state index >= 15 is 0 Å². The standard InChI is InChI=1S/C18H25ClFN/c1-12(2)21-11-18(9-13-3-4-15(18)7-13)10-14-8-16(20)5-6-17(14)19/h5-6,8,12-13,15,21H,3-4,7,9-11H2,1-2H3. The van der Waals surface area contributed by atoms with E-state index in [1.165, 1.54) is 31.7 Å². The van der Waals surface area contributed by atoms with E-state index in [2.05, 4.69) is 19.2 Å². The average Bonchev–Trinajstić information content (AvgIpc) is 3.02. The molecule has 2 fully saturated rings. The summed E-state index contributed by atoms with van der Waals surface area (Å²) in [6.07, 6.45) is 6.24. The molecule has 0 heterocycles. The zero-order chi connectivity index (χ0) is 15.0. The van der Waals surface area contributed by atoms with Crippen LogP contribution in [0, 0.1) is 23.1 Å². The fraction of sp³-hybridized carbons (Fsp3) is 0.667. The first-order valence-electron chi connectivity index (χ1n) is 8.16. The Bertz CT molecular complexity index is 516. The normalized spacial score (nSPS) is 31.3. The molecule has 2 saturated carbocycles. The van der Waals surface area contributed by atoms with E-state index in [1.54, 1.807) is 12.1 Å². The van der Waals surface area contributed by atoms with Gasteiger partial charge in [0.1, 0.15) is 5.82 Å². The largest absolute Gasteiger partial charge is 0.314 e. The first-order chi connectivity index (χ1) is 9.98. The van der Waals surface area contributed by atoms with Gasteiger partial charge >= 0.3 is 0 Å². The minimum Gasteiger partial charge on any atom is -0.314 e. The molecular formula is C18H25ClFN. The molecule has 1 aromatic carbocycles. The number of nitrogens with one attached hydrogen (secondary N) is 1. The van der Waals surface area contributed by atoms with Crippen LogP contribution in [0.2, 0.25) is 5.02 Å². The lowest BCUT2D eigenvalue weighted by Crippen LogP contribution is -2.42. The number of benzene rings is 1. The molecule has 0 saturated heterocycles. The summed E-state index contributed by atoms with van der Waals surface area (Å²) in [4.78, 5) is 0. The monoisotopic (exact) mass is 309 g/mol. The maximum Gasteiger partial charge on any atom is 0.123 e. The fourth-order valence-corrected chi connectivity index (χ4v) is 4.70. The van der Waals surface area contributed by atoms with Crippen LogP contribution in [0.4, 0.5) is 4.39 Å². The van der Waals surface area contributed by atoms with Crippen molar-refractivity contribution in [2.75, 3.05) is 6.54 Å². The summed E-state index contributed by atoms with van der Waals surface area (Å²) in [6, 6.07) is 5.27. The van der Waals surface area contributed by atoms with Crippen LogP contribution in [0.3, 0.4) is 0 Å². The van der Waals surface area contributed by atoms with Crippen LogP contribution in [-0.2, 0) is 6.42 Å². The molecule has 0 aliphatic heterocycles. The highest BCUT2D eigenvalue weighted by molar-refractivity contribution is 6.31. The van der Waals surface area contributed by atoms with Crippen molar-refractivity contribution in [2.45, 2.75) is 52.0 Å². The second-order valence-electron chi connectivity index (χ2n) is 7.39. The summed E-state index contributed by atoms with van der Waals surface area (Å²) in [5.41, 5.74) is 1.25. The van der Waals surface area contributed by atoms with Crippen molar-refractivity contribution in [1.29, 1.82) is 0 Å². The molecule has 1 aromatic rings. The molecule has 116 valence electrons. The quantitative estimate of drug-likeness (QED) is 0.821. The second-order valence-corrected chi connectivity index (χ2v) is 7.80. The Hall–Kier alpha value is -0.600. The molecule has 0 aromatic heterocycles. The van der Waals surface area contributed by atoms with Gasteiger partial charge in [0.05, 0.1) is 0 Å². The summed E-state index contributed by atoms with van der Waals surface area (Å²) >= 11 is 6.31. The highest BCUT2D eigenvalue weighted by atomic mass is 35.5. The molecule has 2 bridgehead atoms. The summed E-state index contributed by atoms with van der Waals surface area (Å²) in [5.74, 6) is 1.47. The van der Waals surface area contributed by atoms with Crippen molar-refractivity contribution in [2.24, 2.45) is 17.3 Å². The maximum atomic E-state index is 13.6. The molecule has 2 aliphatic rings. The summed E-state index contributed by atoms with van der Waals surface area (Å²) in [7, 11) is 0. The van der Waals surface area contributed by atoms with Gasteiger partial charge in [-0.3, -0.25) is 0 Å². The predicted molar refractivity (Wildman–Crippen MR) is 86.1 cm³/mol. The van der Waals surface area contributed by atoms with Crippen LogP contribution in [0.15, 0.2) is 18.2 Å². The Balaban J connectivity index is 1.84. The van der Waals surface area contributed by atoms with E-state index < -0.39 is 0 Å². The molecule has 1 N–H and O–H groups in total. The number of halogens is 2. The lowest BCUT2D eigenvalue weighted by molar-refractivity contribution is 0.152. The Morgan fingerprint density at radius 1 is 1.38 bits per heavy atom. The van der Waals surface area contributed by atoms with Crippen molar-refractivity contribution in [3.05, 3.63) is 34.6 Å². The molecule has 0 amide bonds. The molecule has 3 heteroatoms. The van der Waals surface area contributed by atoms with Gasteiger partial charge in [-0.2, -0.15) is 0 Å². The van der Waals surface area contributed by atoms with Gasteiger partial charge in [0.25, 0.3) is 0 Å². The van der Waals surface area contributed by atoms with Crippen LogP contribution in [0.5, 0.6) is 0 Å². The van der Waals surface area contributed by atoms with E-state index in [4.69, 9.17) is 11.6 Å². The average molecular weight is 310 g/mol. The van der Waals surface area contributed by atoms with Gasteiger partial charge in [-0.15, -0.1) is 0 Å². The maximum absolute atomic E-state index is 13.6. The van der Waals surface area contributed by atoms with Gasteiger partial charge in [0.15, 0.2) is 0 Å². The van der Waals surface area contributed by atoms with E-state index in [0.29, 0.717) is 11.1 Å². The SMILES string of the molecule is CC(C)NCC1(Cc2cc(F)ccc2Cl)CC2CCC1C2. The van der Waals surface area contributed by atoms with Crippen LogP contribution < -0.4 is 5.32 Å². The lowest BCUT2D eigenvalue weighted by Gasteiger charge is -2.39. The zero-order valence-corrected chi connectivity index (χ0v) is 13.7. The third-order valence-corrected chi connectivity index (χ3v) is 5.88. The molecule has 0 radical (unpaired) electrons. The Morgan fingerprint density at radius 2 is 2.19 bits per heavy atom. The first kappa shape index (κ1) is 15.3. The van der Waals surface area contributed by atoms with Gasteiger partial charge < -0.3 is 5.32 Å². The Kier molecular flexibility index (Phi) is 4.29. The van der Waals surface area contributed by atoms with Crippen molar-refractivity contribution >= 4 is 11.6 Å². The van der Waals surface area contributed by atoms with Gasteiger partial charge in [0.2, 0.25) is 0 Å². The van der Waals surface area contributed by atoms with Crippen LogP contribution >= 0.6 is 11.6 Å². The molecule has 3 atom stereocenters. The number of hydrogen-bond acceptors (Lipinski definition) is 1. The van der Waals surface area contributed by atoms with E-state index in [-0.39, 0.29) is 11.2 Å². The van der Waals surface area contributed by atoms with Gasteiger partial charge in [-0.05, 0) is 66.7 Å². The van der Waals surface area contributed by atoms with Crippen molar-refractivity contribution < 1.29 is 4.39 Å². The summed E-state index contributed by atoms with van der Waals surface area (Å²) < 4.78 is 13.6. The molecule has 1 nitrogen and oxygen atoms in total. The van der Waals surface area contributed by atoms with Gasteiger partial charge in [-0.1, -0.05) is 31.9 Å². The minimum absolute atomic E-state index is 0.176. The van der Waals surface area contributed by atoms with Crippen LogP contribution in [-0.4, -0.2) is 12.6 Å². The van der Waals surface area contributed by atoms with Crippen molar-refractivity contribution in [3.63, 3.8) is 0 Å². The zero-order valence-electron chi connectivity index (χ0n) is 13.0. The Labute approximate surface area is 132 Å². The molecule has 3 unspecified atom stereocenters. The molecule has 21 heavy (non-hydrogen) atoms.